The molecule has 0 aliphatic carbocycles. The van der Waals surface area contributed by atoms with Gasteiger partial charge in [-0.05, 0) is 6.92 Å². The van der Waals surface area contributed by atoms with Gasteiger partial charge in [-0.25, -0.2) is 9.48 Å². The van der Waals surface area contributed by atoms with Crippen LogP contribution in [-0.4, -0.2) is 47.2 Å². The molecule has 0 radical (unpaired) electrons. The predicted molar refractivity (Wildman–Crippen MR) is 66.0 cm³/mol. The first-order valence-corrected chi connectivity index (χ1v) is 5.75. The van der Waals surface area contributed by atoms with E-state index in [1.54, 1.807) is 20.2 Å². The van der Waals surface area contributed by atoms with Crippen molar-refractivity contribution in [3.8, 4) is 0 Å². The number of nitrogens with zero attached hydrogens (tertiary/aromatic N) is 3. The van der Waals surface area contributed by atoms with Crippen molar-refractivity contribution in [1.29, 1.82) is 0 Å². The van der Waals surface area contributed by atoms with Crippen molar-refractivity contribution < 1.29 is 14.3 Å². The molecule has 1 heterocycles. The number of aromatic nitrogens is 3. The maximum absolute atomic E-state index is 11.5. The van der Waals surface area contributed by atoms with Crippen molar-refractivity contribution >= 4 is 11.9 Å². The van der Waals surface area contributed by atoms with E-state index in [0.29, 0.717) is 25.4 Å². The van der Waals surface area contributed by atoms with Crippen molar-refractivity contribution in [1.82, 2.24) is 25.6 Å². The number of carbonyl (C=O) groups is 2. The van der Waals surface area contributed by atoms with E-state index in [1.165, 1.54) is 4.68 Å². The van der Waals surface area contributed by atoms with Crippen molar-refractivity contribution in [3.05, 3.63) is 11.9 Å². The molecule has 0 aliphatic heterocycles. The molecular formula is C10H18N6O3. The first-order valence-electron chi connectivity index (χ1n) is 5.75. The van der Waals surface area contributed by atoms with Crippen LogP contribution in [0, 0.1) is 0 Å². The number of rotatable bonds is 7. The van der Waals surface area contributed by atoms with Gasteiger partial charge in [-0.1, -0.05) is 5.21 Å². The number of nitrogens with two attached hydrogens (primary N) is 1. The molecule has 0 aliphatic rings. The fraction of sp³-hybridized carbons (Fsp3) is 0.600. The zero-order valence-corrected chi connectivity index (χ0v) is 10.9. The smallest absolute Gasteiger partial charge is 0.318 e. The van der Waals surface area contributed by atoms with Crippen LogP contribution in [0.15, 0.2) is 6.20 Å². The molecule has 1 rings (SSSR count). The summed E-state index contributed by atoms with van der Waals surface area (Å²) in [7, 11) is 1.62. The number of hydrogen-bond acceptors (Lipinski definition) is 6. The predicted octanol–water partition coefficient (Wildman–Crippen LogP) is -1.23. The van der Waals surface area contributed by atoms with Gasteiger partial charge < -0.3 is 15.8 Å². The van der Waals surface area contributed by atoms with Gasteiger partial charge in [-0.2, -0.15) is 0 Å². The fourth-order valence-corrected chi connectivity index (χ4v) is 1.32. The number of hydrogen-bond donors (Lipinski definition) is 3. The van der Waals surface area contributed by atoms with Crippen LogP contribution in [0.4, 0.5) is 4.79 Å². The van der Waals surface area contributed by atoms with Gasteiger partial charge in [0.15, 0.2) is 0 Å². The van der Waals surface area contributed by atoms with Gasteiger partial charge in [0.25, 0.3) is 5.91 Å². The average Bonchev–Trinajstić information content (AvgIpc) is 2.81. The third-order valence-corrected chi connectivity index (χ3v) is 2.37. The molecule has 1 aromatic heterocycles. The highest BCUT2D eigenvalue weighted by atomic mass is 16.5. The molecule has 9 heteroatoms. The summed E-state index contributed by atoms with van der Waals surface area (Å²) in [4.78, 5) is 22.1. The van der Waals surface area contributed by atoms with Gasteiger partial charge in [-0.15, -0.1) is 5.10 Å². The number of carbonyl (C=O) groups excluding carboxylic acids is 2. The van der Waals surface area contributed by atoms with Crippen LogP contribution in [0.25, 0.3) is 0 Å². The molecule has 19 heavy (non-hydrogen) atoms. The van der Waals surface area contributed by atoms with E-state index in [2.05, 4.69) is 15.6 Å². The van der Waals surface area contributed by atoms with Crippen molar-refractivity contribution in [3.63, 3.8) is 0 Å². The number of imide groups is 1. The maximum Gasteiger partial charge on any atom is 0.318 e. The molecular weight excluding hydrogens is 252 g/mol. The van der Waals surface area contributed by atoms with E-state index in [0.717, 1.165) is 0 Å². The summed E-state index contributed by atoms with van der Waals surface area (Å²) in [5, 5.41) is 12.8. The van der Waals surface area contributed by atoms with Crippen LogP contribution in [-0.2, 0) is 16.1 Å². The third kappa shape index (κ3) is 5.02. The SMILES string of the molecule is COCCNCc1cn(C(C)C(=O)NC(N)=O)nn1. The van der Waals surface area contributed by atoms with E-state index in [4.69, 9.17) is 10.5 Å². The van der Waals surface area contributed by atoms with Crippen LogP contribution in [0.5, 0.6) is 0 Å². The highest BCUT2D eigenvalue weighted by Crippen LogP contribution is 2.04. The highest BCUT2D eigenvalue weighted by molar-refractivity contribution is 5.95. The average molecular weight is 270 g/mol. The summed E-state index contributed by atoms with van der Waals surface area (Å²) in [6.45, 7) is 3.41. The second-order valence-corrected chi connectivity index (χ2v) is 3.89. The summed E-state index contributed by atoms with van der Waals surface area (Å²) in [6, 6.07) is -1.55. The zero-order valence-electron chi connectivity index (χ0n) is 10.9. The Morgan fingerprint density at radius 3 is 2.95 bits per heavy atom. The molecule has 0 spiro atoms. The summed E-state index contributed by atoms with van der Waals surface area (Å²) >= 11 is 0. The van der Waals surface area contributed by atoms with Crippen molar-refractivity contribution in [2.75, 3.05) is 20.3 Å². The lowest BCUT2D eigenvalue weighted by molar-refractivity contribution is -0.123. The van der Waals surface area contributed by atoms with Gasteiger partial charge in [0.2, 0.25) is 0 Å². The Kier molecular flexibility index (Phi) is 5.90. The van der Waals surface area contributed by atoms with Crippen LogP contribution in [0.3, 0.4) is 0 Å². The van der Waals surface area contributed by atoms with Gasteiger partial charge in [0.1, 0.15) is 6.04 Å². The van der Waals surface area contributed by atoms with E-state index in [9.17, 15) is 9.59 Å². The minimum atomic E-state index is -0.890. The van der Waals surface area contributed by atoms with Gasteiger partial charge in [0.05, 0.1) is 18.5 Å². The Bertz CT molecular complexity index is 433. The third-order valence-electron chi connectivity index (χ3n) is 2.37. The Morgan fingerprint density at radius 1 is 1.58 bits per heavy atom. The van der Waals surface area contributed by atoms with E-state index >= 15 is 0 Å². The lowest BCUT2D eigenvalue weighted by atomic mass is 10.3. The lowest BCUT2D eigenvalue weighted by Crippen LogP contribution is -2.39. The number of nitrogens with one attached hydrogen (secondary N) is 2. The molecule has 106 valence electrons. The monoisotopic (exact) mass is 270 g/mol. The minimum absolute atomic E-state index is 0.521. The topological polar surface area (TPSA) is 124 Å². The molecule has 1 atom stereocenters. The summed E-state index contributed by atoms with van der Waals surface area (Å²) in [5.74, 6) is -0.531. The van der Waals surface area contributed by atoms with Gasteiger partial charge in [0, 0.05) is 20.2 Å². The summed E-state index contributed by atoms with van der Waals surface area (Å²) < 4.78 is 6.26. The van der Waals surface area contributed by atoms with E-state index in [1.807, 2.05) is 5.32 Å². The molecule has 0 fully saturated rings. The lowest BCUT2D eigenvalue weighted by Gasteiger charge is -2.09. The number of primary amides is 1. The minimum Gasteiger partial charge on any atom is -0.383 e. The molecule has 4 N–H and O–H groups in total. The van der Waals surface area contributed by atoms with Crippen molar-refractivity contribution in [2.45, 2.75) is 19.5 Å². The second kappa shape index (κ2) is 7.44. The molecule has 9 nitrogen and oxygen atoms in total. The Labute approximate surface area is 110 Å². The first-order chi connectivity index (χ1) is 9.04. The van der Waals surface area contributed by atoms with E-state index in [-0.39, 0.29) is 0 Å². The summed E-state index contributed by atoms with van der Waals surface area (Å²) in [5.41, 5.74) is 5.56. The number of methoxy groups -OCH3 is 1. The molecule has 0 aromatic carbocycles. The molecule has 1 unspecified atom stereocenters. The molecule has 3 amide bonds. The first kappa shape index (κ1) is 15.1. The van der Waals surface area contributed by atoms with Gasteiger partial charge >= 0.3 is 6.03 Å². The maximum atomic E-state index is 11.5. The Hall–Kier alpha value is -2.00. The number of amides is 3. The largest absolute Gasteiger partial charge is 0.383 e. The molecule has 0 saturated carbocycles. The fourth-order valence-electron chi connectivity index (χ4n) is 1.32. The van der Waals surface area contributed by atoms with Crippen LogP contribution < -0.4 is 16.4 Å². The number of urea groups is 1. The van der Waals surface area contributed by atoms with Crippen LogP contribution >= 0.6 is 0 Å². The van der Waals surface area contributed by atoms with Crippen LogP contribution in [0.2, 0.25) is 0 Å². The normalized spacial score (nSPS) is 12.1. The van der Waals surface area contributed by atoms with Gasteiger partial charge in [-0.3, -0.25) is 10.1 Å². The molecule has 1 aromatic rings. The second-order valence-electron chi connectivity index (χ2n) is 3.89. The molecule has 0 bridgehead atoms. The molecule has 0 saturated heterocycles. The Morgan fingerprint density at radius 2 is 2.32 bits per heavy atom. The zero-order chi connectivity index (χ0) is 14.3. The standard InChI is InChI=1S/C10H18N6O3/c1-7(9(17)13-10(11)18)16-6-8(14-15-16)5-12-3-4-19-2/h6-7,12H,3-5H2,1-2H3,(H3,11,13,17,18). The summed E-state index contributed by atoms with van der Waals surface area (Å²) in [6.07, 6.45) is 1.63. The highest BCUT2D eigenvalue weighted by Gasteiger charge is 2.17. The van der Waals surface area contributed by atoms with Crippen molar-refractivity contribution in [2.24, 2.45) is 5.73 Å². The number of ether oxygens (including phenoxy) is 1. The van der Waals surface area contributed by atoms with Crippen LogP contribution in [0.1, 0.15) is 18.7 Å². The quantitative estimate of drug-likeness (QED) is 0.533. The Balaban J connectivity index is 2.49. The van der Waals surface area contributed by atoms with E-state index < -0.39 is 18.0 Å².